The number of hydrogen-bond donors (Lipinski definition) is 0. The molecule has 1 unspecified atom stereocenters. The van der Waals surface area contributed by atoms with Crippen LogP contribution in [0.25, 0.3) is 0 Å². The highest BCUT2D eigenvalue weighted by atomic mass is 15.3. The van der Waals surface area contributed by atoms with Crippen molar-refractivity contribution in [3.63, 3.8) is 0 Å². The van der Waals surface area contributed by atoms with Gasteiger partial charge in [0.05, 0.1) is 26.7 Å². The second-order valence-electron chi connectivity index (χ2n) is 3.26. The molecular formula is C9H16N+. The summed E-state index contributed by atoms with van der Waals surface area (Å²) in [6, 6.07) is 0. The van der Waals surface area contributed by atoms with Gasteiger partial charge in [0.1, 0.15) is 0 Å². The molecule has 0 fully saturated rings. The highest BCUT2D eigenvalue weighted by Gasteiger charge is 2.18. The average molecular weight is 138 g/mol. The summed E-state index contributed by atoms with van der Waals surface area (Å²) in [5, 5.41) is 0. The third-order valence-electron chi connectivity index (χ3n) is 2.12. The van der Waals surface area contributed by atoms with Crippen LogP contribution in [-0.2, 0) is 0 Å². The van der Waals surface area contributed by atoms with E-state index in [1.54, 1.807) is 0 Å². The molecule has 0 amide bonds. The maximum atomic E-state index is 3.76. The number of hydrogen-bond acceptors (Lipinski definition) is 0. The van der Waals surface area contributed by atoms with Crippen LogP contribution in [0.15, 0.2) is 24.8 Å². The fourth-order valence-electron chi connectivity index (χ4n) is 1.40. The van der Waals surface area contributed by atoms with Gasteiger partial charge in [-0.1, -0.05) is 12.7 Å². The van der Waals surface area contributed by atoms with Crippen molar-refractivity contribution in [1.29, 1.82) is 0 Å². The summed E-state index contributed by atoms with van der Waals surface area (Å²) in [4.78, 5) is 0. The van der Waals surface area contributed by atoms with Crippen molar-refractivity contribution in [3.05, 3.63) is 24.8 Å². The second-order valence-corrected chi connectivity index (χ2v) is 3.26. The normalized spacial score (nSPS) is 32.1. The van der Waals surface area contributed by atoms with E-state index in [1.807, 2.05) is 6.08 Å². The van der Waals surface area contributed by atoms with Crippen LogP contribution >= 0.6 is 0 Å². The third-order valence-corrected chi connectivity index (χ3v) is 2.12. The third kappa shape index (κ3) is 1.71. The Labute approximate surface area is 63.2 Å². The van der Waals surface area contributed by atoms with Crippen molar-refractivity contribution in [3.8, 4) is 0 Å². The van der Waals surface area contributed by atoms with Crippen LogP contribution in [-0.4, -0.2) is 31.2 Å². The first kappa shape index (κ1) is 7.55. The van der Waals surface area contributed by atoms with Crippen LogP contribution in [0.2, 0.25) is 0 Å². The predicted octanol–water partition coefficient (Wildman–Crippen LogP) is 1.58. The van der Waals surface area contributed by atoms with E-state index in [0.29, 0.717) is 0 Å². The molecule has 0 N–H and O–H groups in total. The molecule has 1 rings (SSSR count). The minimum Gasteiger partial charge on any atom is -0.319 e. The molecular weight excluding hydrogens is 122 g/mol. The van der Waals surface area contributed by atoms with E-state index in [9.17, 15) is 0 Å². The Hall–Kier alpha value is -0.560. The summed E-state index contributed by atoms with van der Waals surface area (Å²) in [6.07, 6.45) is 7.78. The Morgan fingerprint density at radius 2 is 2.40 bits per heavy atom. The van der Waals surface area contributed by atoms with Crippen molar-refractivity contribution in [2.24, 2.45) is 0 Å². The van der Waals surface area contributed by atoms with Gasteiger partial charge in [-0.2, -0.15) is 0 Å². The van der Waals surface area contributed by atoms with Gasteiger partial charge in [-0.25, -0.2) is 0 Å². The monoisotopic (exact) mass is 138 g/mol. The maximum Gasteiger partial charge on any atom is 0.0974 e. The Bertz CT molecular complexity index is 149. The number of nitrogens with zero attached hydrogens (tertiary/aromatic N) is 1. The van der Waals surface area contributed by atoms with Gasteiger partial charge in [0, 0.05) is 6.42 Å². The second kappa shape index (κ2) is 3.02. The number of quaternary nitrogens is 1. The Kier molecular flexibility index (Phi) is 2.28. The first-order valence-electron chi connectivity index (χ1n) is 3.86. The molecule has 1 nitrogen and oxygen atoms in total. The molecule has 0 aromatic heterocycles. The Balaban J connectivity index is 2.50. The molecule has 0 saturated heterocycles. The van der Waals surface area contributed by atoms with Crippen LogP contribution in [0.5, 0.6) is 0 Å². The maximum absolute atomic E-state index is 3.76. The molecule has 1 heteroatoms. The number of likely N-dealkylation sites (N-methyl/N-ethyl adjacent to an activating group) is 1. The van der Waals surface area contributed by atoms with Crippen LogP contribution in [0.3, 0.4) is 0 Å². The summed E-state index contributed by atoms with van der Waals surface area (Å²) >= 11 is 0. The van der Waals surface area contributed by atoms with Gasteiger partial charge < -0.3 is 4.48 Å². The zero-order chi connectivity index (χ0) is 7.45. The smallest absolute Gasteiger partial charge is 0.0974 e. The van der Waals surface area contributed by atoms with Gasteiger partial charge in [0.2, 0.25) is 0 Å². The Morgan fingerprint density at radius 1 is 1.60 bits per heavy atom. The lowest BCUT2D eigenvalue weighted by atomic mass is 10.2. The van der Waals surface area contributed by atoms with E-state index in [0.717, 1.165) is 11.0 Å². The SMILES string of the molecule is C=CC[N+]1(C)CC=CCC1. The largest absolute Gasteiger partial charge is 0.319 e. The molecule has 1 aliphatic rings. The van der Waals surface area contributed by atoms with E-state index in [1.165, 1.54) is 19.5 Å². The number of rotatable bonds is 2. The van der Waals surface area contributed by atoms with E-state index in [4.69, 9.17) is 0 Å². The molecule has 1 heterocycles. The molecule has 1 aliphatic heterocycles. The molecule has 10 heavy (non-hydrogen) atoms. The van der Waals surface area contributed by atoms with Crippen molar-refractivity contribution in [2.45, 2.75) is 6.42 Å². The van der Waals surface area contributed by atoms with Crippen molar-refractivity contribution in [2.75, 3.05) is 26.7 Å². The summed E-state index contributed by atoms with van der Waals surface area (Å²) in [5.74, 6) is 0. The lowest BCUT2D eigenvalue weighted by Gasteiger charge is -2.34. The topological polar surface area (TPSA) is 0 Å². The quantitative estimate of drug-likeness (QED) is 0.401. The average Bonchev–Trinajstić information content (AvgIpc) is 1.89. The molecule has 0 aliphatic carbocycles. The lowest BCUT2D eigenvalue weighted by molar-refractivity contribution is -0.899. The fraction of sp³-hybridized carbons (Fsp3) is 0.556. The molecule has 0 aromatic rings. The molecule has 0 spiro atoms. The van der Waals surface area contributed by atoms with Gasteiger partial charge in [0.15, 0.2) is 0 Å². The highest BCUT2D eigenvalue weighted by Crippen LogP contribution is 2.09. The van der Waals surface area contributed by atoms with Crippen LogP contribution in [0, 0.1) is 0 Å². The zero-order valence-electron chi connectivity index (χ0n) is 6.71. The van der Waals surface area contributed by atoms with E-state index < -0.39 is 0 Å². The first-order valence-corrected chi connectivity index (χ1v) is 3.86. The van der Waals surface area contributed by atoms with E-state index in [-0.39, 0.29) is 0 Å². The summed E-state index contributed by atoms with van der Waals surface area (Å²) in [5.41, 5.74) is 0. The minimum absolute atomic E-state index is 1.10. The van der Waals surface area contributed by atoms with Gasteiger partial charge >= 0.3 is 0 Å². The van der Waals surface area contributed by atoms with Crippen LogP contribution < -0.4 is 0 Å². The van der Waals surface area contributed by atoms with Gasteiger partial charge in [-0.05, 0) is 12.2 Å². The van der Waals surface area contributed by atoms with Crippen LogP contribution in [0.1, 0.15) is 6.42 Å². The zero-order valence-corrected chi connectivity index (χ0v) is 6.71. The molecule has 56 valence electrons. The van der Waals surface area contributed by atoms with Crippen molar-refractivity contribution < 1.29 is 4.48 Å². The predicted molar refractivity (Wildman–Crippen MR) is 44.7 cm³/mol. The summed E-state index contributed by atoms with van der Waals surface area (Å²) in [6.45, 7) is 7.30. The first-order chi connectivity index (χ1) is 4.77. The van der Waals surface area contributed by atoms with Crippen molar-refractivity contribution in [1.82, 2.24) is 0 Å². The lowest BCUT2D eigenvalue weighted by Crippen LogP contribution is -2.46. The molecule has 0 radical (unpaired) electrons. The van der Waals surface area contributed by atoms with Gasteiger partial charge in [-0.15, -0.1) is 0 Å². The molecule has 0 saturated carbocycles. The standard InChI is InChI=1S/C9H16N/c1-3-7-10(2)8-5-4-6-9-10/h3-5H,1,6-9H2,2H3/q+1. The van der Waals surface area contributed by atoms with Gasteiger partial charge in [-0.3, -0.25) is 0 Å². The highest BCUT2D eigenvalue weighted by molar-refractivity contribution is 4.86. The van der Waals surface area contributed by atoms with Gasteiger partial charge in [0.25, 0.3) is 0 Å². The minimum atomic E-state index is 1.10. The molecule has 0 aromatic carbocycles. The van der Waals surface area contributed by atoms with Crippen LogP contribution in [0.4, 0.5) is 0 Å². The van der Waals surface area contributed by atoms with E-state index in [2.05, 4.69) is 25.8 Å². The molecule has 0 bridgehead atoms. The van der Waals surface area contributed by atoms with E-state index >= 15 is 0 Å². The molecule has 1 atom stereocenters. The summed E-state index contributed by atoms with van der Waals surface area (Å²) in [7, 11) is 2.28. The summed E-state index contributed by atoms with van der Waals surface area (Å²) < 4.78 is 1.14. The Morgan fingerprint density at radius 3 is 2.90 bits per heavy atom. The fourth-order valence-corrected chi connectivity index (χ4v) is 1.40. The van der Waals surface area contributed by atoms with Crippen molar-refractivity contribution >= 4 is 0 Å².